The van der Waals surface area contributed by atoms with Crippen LogP contribution in [0, 0.1) is 0 Å². The fraction of sp³-hybridized carbons (Fsp3) is 0.265. The number of nitrogens with zero attached hydrogens (tertiary/aromatic N) is 12. The van der Waals surface area contributed by atoms with Gasteiger partial charge in [-0.3, -0.25) is 47.7 Å². The van der Waals surface area contributed by atoms with Crippen molar-refractivity contribution in [3.05, 3.63) is 392 Å². The van der Waals surface area contributed by atoms with E-state index >= 15 is 0 Å². The van der Waals surface area contributed by atoms with Gasteiger partial charge in [0.2, 0.25) is 21.7 Å². The first kappa shape index (κ1) is 88.5. The van der Waals surface area contributed by atoms with E-state index in [-0.39, 0.29) is 128 Å². The van der Waals surface area contributed by atoms with E-state index in [2.05, 4.69) is 93.2 Å². The highest BCUT2D eigenvalue weighted by Crippen LogP contribution is 2.49. The van der Waals surface area contributed by atoms with E-state index in [1.807, 2.05) is 180 Å². The number of fused-ring (bicyclic) bond motifs is 8. The quantitative estimate of drug-likeness (QED) is 0.0875. The molecule has 4 N–H and O–H groups in total. The van der Waals surface area contributed by atoms with Crippen molar-refractivity contribution in [3.63, 3.8) is 0 Å². The van der Waals surface area contributed by atoms with Gasteiger partial charge in [0.1, 0.15) is 0 Å². The molecule has 5 unspecified atom stereocenters. The molecule has 20 rings (SSSR count). The summed E-state index contributed by atoms with van der Waals surface area (Å²) in [5.74, 6) is -3.44. The maximum atomic E-state index is 13.2. The molecule has 5 aromatic heterocycles. The van der Waals surface area contributed by atoms with Gasteiger partial charge in [-0.05, 0) is 122 Å². The number of amides is 3. The molecule has 24 nitrogen and oxygen atoms in total. The lowest BCUT2D eigenvalue weighted by atomic mass is 9.77. The van der Waals surface area contributed by atoms with Gasteiger partial charge in [0.15, 0.2) is 45.6 Å². The van der Waals surface area contributed by atoms with Crippen LogP contribution in [-0.2, 0) is 13.0 Å². The Hall–Kier alpha value is -13.3. The number of carbonyl (C=O) groups excluding carboxylic acids is 3. The fourth-order valence-corrected chi connectivity index (χ4v) is 19.0. The SMILES string of the molecule is C.C.O=C1c2c(O)c(=O)cnn2C(=C(c2ccccc2)c2ccccc2)C2CCCCN12.O=C1c2c(O)c(=O)cnn2C(C(c2ccccc2)c2ccccc2)C2CCCCN12.O=C1c2c(O)c(=O)cnn2C(C(c2ccccc2)c2ccccc2)C2CCCCN12.O=c1cnn2c(C(c3ccccc3)c3ccccc3)c3n(c(=O)c2c1O)CCCC3.[PH-2].[PH2-]. The smallest absolute Gasteiger partial charge is 0.280 e. The first-order chi connectivity index (χ1) is 58.7. The van der Waals surface area contributed by atoms with Crippen LogP contribution >= 0.6 is 19.8 Å². The third-order valence-electron chi connectivity index (χ3n) is 24.4. The van der Waals surface area contributed by atoms with Gasteiger partial charge in [-0.15, -0.1) is 0 Å². The van der Waals surface area contributed by atoms with Crippen LogP contribution in [0.5, 0.6) is 23.0 Å². The summed E-state index contributed by atoms with van der Waals surface area (Å²) in [7, 11) is 0. The first-order valence-electron chi connectivity index (χ1n) is 41.0. The Morgan fingerprint density at radius 3 is 1.12 bits per heavy atom. The Labute approximate surface area is 724 Å². The van der Waals surface area contributed by atoms with Crippen molar-refractivity contribution in [2.75, 3.05) is 19.6 Å². The summed E-state index contributed by atoms with van der Waals surface area (Å²) in [5.41, 5.74) is 9.00. The van der Waals surface area contributed by atoms with E-state index in [4.69, 9.17) is 0 Å². The van der Waals surface area contributed by atoms with Crippen LogP contribution in [0.4, 0.5) is 0 Å². The number of hydrogen-bond acceptors (Lipinski definition) is 16. The molecule has 8 aromatic carbocycles. The van der Waals surface area contributed by atoms with Crippen molar-refractivity contribution in [3.8, 4) is 23.0 Å². The number of benzene rings is 8. The molecule has 5 atom stereocenters. The first-order valence-corrected chi connectivity index (χ1v) is 41.0. The normalized spacial score (nSPS) is 17.6. The molecule has 0 radical (unpaired) electrons. The lowest BCUT2D eigenvalue weighted by Crippen LogP contribution is -2.55. The second-order valence-electron chi connectivity index (χ2n) is 31.2. The van der Waals surface area contributed by atoms with Crippen molar-refractivity contribution in [1.82, 2.24) is 58.2 Å². The molecule has 7 aliphatic heterocycles. The van der Waals surface area contributed by atoms with Gasteiger partial charge in [0.25, 0.3) is 23.3 Å². The molecular formula is C98H99N12O12P2-3. The Kier molecular flexibility index (Phi) is 27.7. The van der Waals surface area contributed by atoms with Crippen LogP contribution in [0.2, 0.25) is 0 Å². The Morgan fingerprint density at radius 2 is 0.702 bits per heavy atom. The molecule has 0 spiro atoms. The molecule has 12 heterocycles. The summed E-state index contributed by atoms with van der Waals surface area (Å²) in [6.07, 6.45) is 15.3. The molecule has 0 saturated carbocycles. The Bertz CT molecular complexity index is 6010. The molecule has 7 aliphatic rings. The summed E-state index contributed by atoms with van der Waals surface area (Å²) in [4.78, 5) is 107. The topological polar surface area (TPSA) is 303 Å². The predicted molar refractivity (Wildman–Crippen MR) is 485 cm³/mol. The summed E-state index contributed by atoms with van der Waals surface area (Å²) in [6.45, 7) is 2.40. The van der Waals surface area contributed by atoms with Gasteiger partial charge < -0.3 is 59.5 Å². The fourth-order valence-electron chi connectivity index (χ4n) is 19.0. The van der Waals surface area contributed by atoms with Gasteiger partial charge in [-0.2, -0.15) is 20.4 Å². The van der Waals surface area contributed by atoms with Crippen molar-refractivity contribution < 1.29 is 34.8 Å². The highest BCUT2D eigenvalue weighted by Gasteiger charge is 2.50. The molecule has 26 heteroatoms. The maximum Gasteiger partial charge on any atom is 0.280 e. The van der Waals surface area contributed by atoms with Gasteiger partial charge >= 0.3 is 0 Å². The number of rotatable bonds is 11. The van der Waals surface area contributed by atoms with Gasteiger partial charge in [0, 0.05) is 49.3 Å². The van der Waals surface area contributed by atoms with E-state index in [0.717, 1.165) is 169 Å². The summed E-state index contributed by atoms with van der Waals surface area (Å²) >= 11 is 0. The zero-order valence-electron chi connectivity index (χ0n) is 66.8. The molecule has 636 valence electrons. The predicted octanol–water partition coefficient (Wildman–Crippen LogP) is 15.3. The minimum atomic E-state index is -0.648. The highest BCUT2D eigenvalue weighted by molar-refractivity contribution is 6.92. The van der Waals surface area contributed by atoms with Gasteiger partial charge in [0.05, 0.1) is 72.3 Å². The van der Waals surface area contributed by atoms with E-state index in [1.165, 1.54) is 9.20 Å². The van der Waals surface area contributed by atoms with Crippen LogP contribution in [-0.4, -0.2) is 134 Å². The monoisotopic (exact) mass is 1700 g/mol. The standard InChI is InChI=1S/2C24H23N3O3.2C24H21N3O3.2CH4.H2P.HP/c4*28-19-15-25-27-21(18-13-7-8-14-26(18)24(30)22(27)23(19)29)20(16-9-3-1-4-10-16)17-11-5-2-6-12-17;;;;/h2*1-6,9-12,15,18,20-21,29H,7-8,13-14H2;1-6,9-12,15,20,29H,7-8,13-14H2;1-6,9-12,15,18,29H,7-8,13-14H2;2*1H4;1H2;1H/q;;;;;;-1;-2. The van der Waals surface area contributed by atoms with E-state index in [1.54, 1.807) is 18.8 Å². The second kappa shape index (κ2) is 38.8. The van der Waals surface area contributed by atoms with E-state index in [9.17, 15) is 58.8 Å². The lowest BCUT2D eigenvalue weighted by molar-refractivity contribution is 0.0350. The molecular weight excluding hydrogens is 1600 g/mol. The average molecular weight is 1700 g/mol. The third kappa shape index (κ3) is 16.7. The zero-order valence-corrected chi connectivity index (χ0v) is 69.0. The molecule has 0 aliphatic carbocycles. The second-order valence-corrected chi connectivity index (χ2v) is 31.2. The van der Waals surface area contributed by atoms with E-state index < -0.39 is 44.7 Å². The Morgan fingerprint density at radius 1 is 0.363 bits per heavy atom. The Balaban J connectivity index is 0.000000141. The number of carbonyl (C=O) groups is 3. The van der Waals surface area contributed by atoms with Crippen molar-refractivity contribution in [2.45, 2.75) is 146 Å². The van der Waals surface area contributed by atoms with Crippen molar-refractivity contribution in [1.29, 1.82) is 0 Å². The number of aromatic hydroxyl groups is 4. The zero-order chi connectivity index (χ0) is 82.7. The summed E-state index contributed by atoms with van der Waals surface area (Å²) in [6, 6.07) is 80.0. The molecule has 3 fully saturated rings. The molecule has 3 amide bonds. The summed E-state index contributed by atoms with van der Waals surface area (Å²) < 4.78 is 7.90. The van der Waals surface area contributed by atoms with E-state index in [0.29, 0.717) is 26.2 Å². The minimum absolute atomic E-state index is 0. The lowest BCUT2D eigenvalue weighted by Gasteiger charge is -2.47. The molecule has 0 bridgehead atoms. The van der Waals surface area contributed by atoms with Gasteiger partial charge in [-0.25, -0.2) is 9.20 Å². The van der Waals surface area contributed by atoms with Crippen molar-refractivity contribution >= 4 is 54.3 Å². The third-order valence-corrected chi connectivity index (χ3v) is 24.4. The van der Waals surface area contributed by atoms with Crippen LogP contribution in [0.15, 0.2) is 291 Å². The van der Waals surface area contributed by atoms with Crippen molar-refractivity contribution in [2.24, 2.45) is 0 Å². The molecule has 3 saturated heterocycles. The number of piperidine rings is 3. The summed E-state index contributed by atoms with van der Waals surface area (Å²) in [5, 5.41) is 59.4. The van der Waals surface area contributed by atoms with Gasteiger partial charge in [-0.1, -0.05) is 258 Å². The average Bonchev–Trinajstić information content (AvgIpc) is 0.747. The highest BCUT2D eigenvalue weighted by atomic mass is 31.0. The largest absolute Gasteiger partial charge is 1.51 e. The van der Waals surface area contributed by atoms with Crippen LogP contribution in [0.1, 0.15) is 203 Å². The number of hydrogen-bond donors (Lipinski definition) is 4. The van der Waals surface area contributed by atoms with Crippen LogP contribution < -0.4 is 27.3 Å². The molecule has 124 heavy (non-hydrogen) atoms. The minimum Gasteiger partial charge on any atom is -1.51 e. The number of aromatic nitrogens is 9. The van der Waals surface area contributed by atoms with Crippen LogP contribution in [0.3, 0.4) is 0 Å². The van der Waals surface area contributed by atoms with Crippen LogP contribution in [0.25, 0.3) is 16.8 Å². The maximum absolute atomic E-state index is 13.2. The molecule has 13 aromatic rings.